The van der Waals surface area contributed by atoms with E-state index in [9.17, 15) is 4.57 Å². The Hall–Kier alpha value is 0.100. The van der Waals surface area contributed by atoms with Gasteiger partial charge in [0.1, 0.15) is 12.8 Å². The van der Waals surface area contributed by atoms with E-state index < -0.39 is 7.80 Å². The van der Waals surface area contributed by atoms with Gasteiger partial charge < -0.3 is 0 Å². The molecule has 1 unspecified atom stereocenters. The highest BCUT2D eigenvalue weighted by Gasteiger charge is 2.00. The Morgan fingerprint density at radius 1 is 1.57 bits per heavy atom. The van der Waals surface area contributed by atoms with E-state index in [2.05, 4.69) is 6.92 Å². The number of hydrogen-bond donors (Lipinski definition) is 0. The average Bonchev–Trinajstić information content (AvgIpc) is 1.61. The molecule has 0 N–H and O–H groups in total. The van der Waals surface area contributed by atoms with Crippen molar-refractivity contribution >= 4 is 7.80 Å². The summed E-state index contributed by atoms with van der Waals surface area (Å²) >= 11 is 0. The van der Waals surface area contributed by atoms with Gasteiger partial charge in [-0.2, -0.15) is 0 Å². The Bertz CT molecular complexity index is 61.1. The molecular formula is C5H12OP+. The van der Waals surface area contributed by atoms with Gasteiger partial charge in [-0.15, -0.1) is 0 Å². The molecule has 0 spiro atoms. The van der Waals surface area contributed by atoms with Crippen LogP contribution in [0.1, 0.15) is 19.8 Å². The Balaban J connectivity index is 2.82. The van der Waals surface area contributed by atoms with Gasteiger partial charge in [0, 0.05) is 0 Å². The molecule has 42 valence electrons. The first-order valence-electron chi connectivity index (χ1n) is 2.65. The van der Waals surface area contributed by atoms with Crippen LogP contribution in [0, 0.1) is 0 Å². The molecule has 0 heterocycles. The summed E-state index contributed by atoms with van der Waals surface area (Å²) in [5.41, 5.74) is 0. The summed E-state index contributed by atoms with van der Waals surface area (Å²) in [5, 5.41) is 0. The van der Waals surface area contributed by atoms with Crippen LogP contribution >= 0.6 is 7.80 Å². The SMILES string of the molecule is CCCC[P+](C)=O. The van der Waals surface area contributed by atoms with Crippen molar-refractivity contribution in [3.05, 3.63) is 0 Å². The lowest BCUT2D eigenvalue weighted by atomic mass is 10.4. The summed E-state index contributed by atoms with van der Waals surface area (Å²) in [6.07, 6.45) is 3.19. The highest BCUT2D eigenvalue weighted by Crippen LogP contribution is 2.14. The molecule has 0 saturated carbocycles. The van der Waals surface area contributed by atoms with Gasteiger partial charge in [0.05, 0.1) is 0 Å². The first-order chi connectivity index (χ1) is 3.27. The van der Waals surface area contributed by atoms with Crippen molar-refractivity contribution in [2.75, 3.05) is 12.8 Å². The summed E-state index contributed by atoms with van der Waals surface area (Å²) in [5.74, 6) is 0. The Kier molecular flexibility index (Phi) is 4.32. The molecule has 0 amide bonds. The zero-order valence-electron chi connectivity index (χ0n) is 4.98. The molecule has 0 aliphatic heterocycles. The standard InChI is InChI=1S/C5H12OP/c1-3-4-5-7(2)6/h3-5H2,1-2H3/q+1. The van der Waals surface area contributed by atoms with Gasteiger partial charge in [0.15, 0.2) is 0 Å². The lowest BCUT2D eigenvalue weighted by Gasteiger charge is -1.77. The van der Waals surface area contributed by atoms with Gasteiger partial charge in [0.25, 0.3) is 0 Å². The zero-order valence-corrected chi connectivity index (χ0v) is 5.87. The van der Waals surface area contributed by atoms with Crippen molar-refractivity contribution in [2.45, 2.75) is 19.8 Å². The van der Waals surface area contributed by atoms with Crippen LogP contribution < -0.4 is 0 Å². The van der Waals surface area contributed by atoms with Gasteiger partial charge in [-0.3, -0.25) is 0 Å². The second kappa shape index (κ2) is 4.26. The molecule has 0 saturated heterocycles. The molecule has 0 aromatic carbocycles. The normalized spacial score (nSPS) is 11.4. The van der Waals surface area contributed by atoms with Crippen LogP contribution in [-0.2, 0) is 4.57 Å². The van der Waals surface area contributed by atoms with Crippen LogP contribution in [-0.4, -0.2) is 12.8 Å². The van der Waals surface area contributed by atoms with Crippen LogP contribution in [0.4, 0.5) is 0 Å². The van der Waals surface area contributed by atoms with Crippen LogP contribution in [0.5, 0.6) is 0 Å². The Labute approximate surface area is 45.9 Å². The maximum Gasteiger partial charge on any atom is 0.335 e. The van der Waals surface area contributed by atoms with Crippen molar-refractivity contribution < 1.29 is 4.57 Å². The fourth-order valence-electron chi connectivity index (χ4n) is 0.381. The lowest BCUT2D eigenvalue weighted by molar-refractivity contribution is 0.589. The summed E-state index contributed by atoms with van der Waals surface area (Å²) in [6, 6.07) is 0. The van der Waals surface area contributed by atoms with E-state index in [1.165, 1.54) is 0 Å². The molecular weight excluding hydrogens is 107 g/mol. The van der Waals surface area contributed by atoms with E-state index in [4.69, 9.17) is 0 Å². The average molecular weight is 119 g/mol. The summed E-state index contributed by atoms with van der Waals surface area (Å²) in [7, 11) is -0.856. The first-order valence-corrected chi connectivity index (χ1v) is 4.55. The number of hydrogen-bond acceptors (Lipinski definition) is 1. The van der Waals surface area contributed by atoms with Crippen LogP contribution in [0.25, 0.3) is 0 Å². The highest BCUT2D eigenvalue weighted by atomic mass is 31.1. The molecule has 0 aliphatic carbocycles. The molecule has 0 aromatic heterocycles. The molecule has 1 nitrogen and oxygen atoms in total. The van der Waals surface area contributed by atoms with Crippen LogP contribution in [0.15, 0.2) is 0 Å². The van der Waals surface area contributed by atoms with Gasteiger partial charge in [-0.25, -0.2) is 0 Å². The maximum atomic E-state index is 10.4. The molecule has 2 heteroatoms. The minimum absolute atomic E-state index is 0.856. The smallest absolute Gasteiger partial charge is 0.0752 e. The minimum atomic E-state index is -0.856. The van der Waals surface area contributed by atoms with Gasteiger partial charge >= 0.3 is 7.80 Å². The summed E-state index contributed by atoms with van der Waals surface area (Å²) in [6.45, 7) is 3.89. The van der Waals surface area contributed by atoms with E-state index in [1.807, 2.05) is 0 Å². The van der Waals surface area contributed by atoms with Crippen molar-refractivity contribution in [1.29, 1.82) is 0 Å². The zero-order chi connectivity index (χ0) is 5.70. The topological polar surface area (TPSA) is 17.1 Å². The van der Waals surface area contributed by atoms with Gasteiger partial charge in [0.2, 0.25) is 0 Å². The van der Waals surface area contributed by atoms with E-state index in [0.29, 0.717) is 0 Å². The van der Waals surface area contributed by atoms with E-state index in [0.717, 1.165) is 19.0 Å². The molecule has 0 rings (SSSR count). The van der Waals surface area contributed by atoms with Crippen molar-refractivity contribution in [1.82, 2.24) is 0 Å². The first kappa shape index (κ1) is 7.10. The molecule has 0 aromatic rings. The van der Waals surface area contributed by atoms with E-state index in [1.54, 1.807) is 6.66 Å². The fraction of sp³-hybridized carbons (Fsp3) is 1.00. The van der Waals surface area contributed by atoms with Crippen molar-refractivity contribution in [3.63, 3.8) is 0 Å². The maximum absolute atomic E-state index is 10.4. The summed E-state index contributed by atoms with van der Waals surface area (Å²) in [4.78, 5) is 0. The molecule has 0 radical (unpaired) electrons. The molecule has 0 aliphatic rings. The largest absolute Gasteiger partial charge is 0.335 e. The quantitative estimate of drug-likeness (QED) is 0.520. The van der Waals surface area contributed by atoms with E-state index in [-0.39, 0.29) is 0 Å². The number of unbranched alkanes of at least 4 members (excludes halogenated alkanes) is 1. The fourth-order valence-corrected chi connectivity index (χ4v) is 1.14. The third-order valence-electron chi connectivity index (χ3n) is 0.827. The predicted octanol–water partition coefficient (Wildman–Crippen LogP) is 2.24. The van der Waals surface area contributed by atoms with Crippen LogP contribution in [0.3, 0.4) is 0 Å². The lowest BCUT2D eigenvalue weighted by Crippen LogP contribution is -1.72. The van der Waals surface area contributed by atoms with Gasteiger partial charge in [-0.1, -0.05) is 17.9 Å². The highest BCUT2D eigenvalue weighted by molar-refractivity contribution is 7.43. The second-order valence-electron chi connectivity index (χ2n) is 1.71. The molecule has 1 atom stereocenters. The summed E-state index contributed by atoms with van der Waals surface area (Å²) < 4.78 is 10.4. The van der Waals surface area contributed by atoms with Crippen molar-refractivity contribution in [2.24, 2.45) is 0 Å². The van der Waals surface area contributed by atoms with Crippen LogP contribution in [0.2, 0.25) is 0 Å². The monoisotopic (exact) mass is 119 g/mol. The third kappa shape index (κ3) is 6.10. The molecule has 0 bridgehead atoms. The molecule has 7 heavy (non-hydrogen) atoms. The second-order valence-corrected chi connectivity index (χ2v) is 3.41. The van der Waals surface area contributed by atoms with Crippen molar-refractivity contribution in [3.8, 4) is 0 Å². The minimum Gasteiger partial charge on any atom is -0.0752 e. The van der Waals surface area contributed by atoms with E-state index >= 15 is 0 Å². The Morgan fingerprint density at radius 2 is 2.14 bits per heavy atom. The Morgan fingerprint density at radius 3 is 2.29 bits per heavy atom. The van der Waals surface area contributed by atoms with Gasteiger partial charge in [-0.05, 0) is 6.42 Å². The third-order valence-corrected chi connectivity index (χ3v) is 1.77. The molecule has 0 fully saturated rings. The predicted molar refractivity (Wildman–Crippen MR) is 33.3 cm³/mol. The number of rotatable bonds is 3.